The number of carbonyl (C=O) groups excluding carboxylic acids is 1. The summed E-state index contributed by atoms with van der Waals surface area (Å²) in [5, 5.41) is 2.74. The van der Waals surface area contributed by atoms with Gasteiger partial charge in [0.05, 0.1) is 6.04 Å². The number of halogens is 3. The monoisotopic (exact) mass is 379 g/mol. The molecule has 0 saturated heterocycles. The van der Waals surface area contributed by atoms with E-state index in [1.165, 1.54) is 18.2 Å². The molecular formula is C20H24F3N3O. The minimum absolute atomic E-state index is 0.207. The average molecular weight is 379 g/mol. The summed E-state index contributed by atoms with van der Waals surface area (Å²) in [6.07, 6.45) is 0. The number of amides is 2. The minimum atomic E-state index is -0.707. The predicted octanol–water partition coefficient (Wildman–Crippen LogP) is 3.94. The summed E-state index contributed by atoms with van der Waals surface area (Å²) in [7, 11) is 3.79. The van der Waals surface area contributed by atoms with Crippen molar-refractivity contribution in [1.29, 1.82) is 0 Å². The van der Waals surface area contributed by atoms with Gasteiger partial charge in [0.15, 0.2) is 0 Å². The van der Waals surface area contributed by atoms with E-state index in [-0.39, 0.29) is 17.4 Å². The SMILES string of the molecule is CC(NC(=O)N(CCN(C)C)Cc1ccc(F)cc1)c1ccc(F)cc1F. The Morgan fingerprint density at radius 1 is 1.00 bits per heavy atom. The number of likely N-dealkylation sites (N-methyl/N-ethyl adjacent to an activating group) is 1. The third kappa shape index (κ3) is 6.29. The van der Waals surface area contributed by atoms with Crippen LogP contribution in [-0.2, 0) is 6.54 Å². The number of nitrogens with zero attached hydrogens (tertiary/aromatic N) is 2. The Morgan fingerprint density at radius 3 is 2.22 bits per heavy atom. The Hall–Kier alpha value is -2.54. The molecule has 0 radical (unpaired) electrons. The smallest absolute Gasteiger partial charge is 0.318 e. The number of nitrogens with one attached hydrogen (secondary N) is 1. The van der Waals surface area contributed by atoms with Crippen molar-refractivity contribution < 1.29 is 18.0 Å². The van der Waals surface area contributed by atoms with Crippen LogP contribution in [0.1, 0.15) is 24.1 Å². The fourth-order valence-electron chi connectivity index (χ4n) is 2.59. The quantitative estimate of drug-likeness (QED) is 0.791. The molecule has 0 fully saturated rings. The van der Waals surface area contributed by atoms with Gasteiger partial charge in [-0.05, 0) is 44.8 Å². The lowest BCUT2D eigenvalue weighted by atomic mass is 10.1. The molecule has 1 N–H and O–H groups in total. The number of hydrogen-bond acceptors (Lipinski definition) is 2. The largest absolute Gasteiger partial charge is 0.331 e. The van der Waals surface area contributed by atoms with Gasteiger partial charge < -0.3 is 15.1 Å². The zero-order chi connectivity index (χ0) is 20.0. The molecule has 2 amide bonds. The van der Waals surface area contributed by atoms with Crippen molar-refractivity contribution >= 4 is 6.03 Å². The molecule has 0 heterocycles. The Bertz CT molecular complexity index is 766. The van der Waals surface area contributed by atoms with Gasteiger partial charge in [0.2, 0.25) is 0 Å². The molecule has 4 nitrogen and oxygen atoms in total. The highest BCUT2D eigenvalue weighted by atomic mass is 19.1. The van der Waals surface area contributed by atoms with Crippen molar-refractivity contribution in [3.05, 3.63) is 71.0 Å². The van der Waals surface area contributed by atoms with Gasteiger partial charge in [0.25, 0.3) is 0 Å². The van der Waals surface area contributed by atoms with E-state index in [9.17, 15) is 18.0 Å². The van der Waals surface area contributed by atoms with E-state index in [0.29, 0.717) is 19.6 Å². The first-order valence-corrected chi connectivity index (χ1v) is 8.66. The highest BCUT2D eigenvalue weighted by Crippen LogP contribution is 2.18. The molecular weight excluding hydrogens is 355 g/mol. The van der Waals surface area contributed by atoms with Gasteiger partial charge in [-0.2, -0.15) is 0 Å². The van der Waals surface area contributed by atoms with Crippen LogP contribution in [0.5, 0.6) is 0 Å². The fraction of sp³-hybridized carbons (Fsp3) is 0.350. The average Bonchev–Trinajstić information content (AvgIpc) is 2.59. The van der Waals surface area contributed by atoms with Gasteiger partial charge in [-0.15, -0.1) is 0 Å². The van der Waals surface area contributed by atoms with Crippen molar-refractivity contribution in [2.75, 3.05) is 27.2 Å². The minimum Gasteiger partial charge on any atom is -0.331 e. The van der Waals surface area contributed by atoms with Crippen molar-refractivity contribution in [3.8, 4) is 0 Å². The lowest BCUT2D eigenvalue weighted by Crippen LogP contribution is -2.43. The normalized spacial score (nSPS) is 12.1. The van der Waals surface area contributed by atoms with Crippen molar-refractivity contribution in [3.63, 3.8) is 0 Å². The van der Waals surface area contributed by atoms with Gasteiger partial charge in [-0.3, -0.25) is 0 Å². The lowest BCUT2D eigenvalue weighted by molar-refractivity contribution is 0.185. The van der Waals surface area contributed by atoms with Crippen LogP contribution >= 0.6 is 0 Å². The molecule has 146 valence electrons. The number of benzene rings is 2. The molecule has 0 aliphatic carbocycles. The Balaban J connectivity index is 2.10. The van der Waals surface area contributed by atoms with E-state index >= 15 is 0 Å². The van der Waals surface area contributed by atoms with Crippen molar-refractivity contribution in [1.82, 2.24) is 15.1 Å². The first-order valence-electron chi connectivity index (χ1n) is 8.66. The van der Waals surface area contributed by atoms with E-state index in [1.54, 1.807) is 24.0 Å². The van der Waals surface area contributed by atoms with Crippen LogP contribution < -0.4 is 5.32 Å². The van der Waals surface area contributed by atoms with E-state index in [2.05, 4.69) is 5.32 Å². The summed E-state index contributed by atoms with van der Waals surface area (Å²) in [4.78, 5) is 16.2. The lowest BCUT2D eigenvalue weighted by Gasteiger charge is -2.27. The molecule has 0 aliphatic heterocycles. The van der Waals surface area contributed by atoms with Crippen LogP contribution in [0.2, 0.25) is 0 Å². The summed E-state index contributed by atoms with van der Waals surface area (Å²) >= 11 is 0. The maximum atomic E-state index is 13.9. The maximum Gasteiger partial charge on any atom is 0.318 e. The second kappa shape index (κ2) is 9.41. The molecule has 7 heteroatoms. The standard InChI is InChI=1S/C20H24F3N3O/c1-14(18-9-8-17(22)12-19(18)23)24-20(27)26(11-10-25(2)3)13-15-4-6-16(21)7-5-15/h4-9,12,14H,10-11,13H2,1-3H3,(H,24,27). The molecule has 1 unspecified atom stereocenters. The molecule has 0 bridgehead atoms. The molecule has 1 atom stereocenters. The summed E-state index contributed by atoms with van der Waals surface area (Å²) < 4.78 is 40.1. The van der Waals surface area contributed by atoms with Gasteiger partial charge in [0, 0.05) is 31.3 Å². The first-order chi connectivity index (χ1) is 12.8. The first kappa shape index (κ1) is 20.8. The van der Waals surface area contributed by atoms with Crippen molar-refractivity contribution in [2.45, 2.75) is 19.5 Å². The van der Waals surface area contributed by atoms with Gasteiger partial charge >= 0.3 is 6.03 Å². The van der Waals surface area contributed by atoms with Crippen LogP contribution in [-0.4, -0.2) is 43.0 Å². The number of carbonyl (C=O) groups is 1. The highest BCUT2D eigenvalue weighted by Gasteiger charge is 2.19. The molecule has 0 spiro atoms. The van der Waals surface area contributed by atoms with Gasteiger partial charge in [-0.25, -0.2) is 18.0 Å². The third-order valence-corrected chi connectivity index (χ3v) is 4.16. The fourth-order valence-corrected chi connectivity index (χ4v) is 2.59. The van der Waals surface area contributed by atoms with Crippen LogP contribution in [0.3, 0.4) is 0 Å². The highest BCUT2D eigenvalue weighted by molar-refractivity contribution is 5.74. The summed E-state index contributed by atoms with van der Waals surface area (Å²) in [6.45, 7) is 3.00. The Morgan fingerprint density at radius 2 is 1.63 bits per heavy atom. The second-order valence-corrected chi connectivity index (χ2v) is 6.69. The number of urea groups is 1. The van der Waals surface area contributed by atoms with Crippen LogP contribution in [0, 0.1) is 17.5 Å². The molecule has 2 aromatic rings. The van der Waals surface area contributed by atoms with Crippen LogP contribution in [0.4, 0.5) is 18.0 Å². The summed E-state index contributed by atoms with van der Waals surface area (Å²) in [5.41, 5.74) is 0.991. The third-order valence-electron chi connectivity index (χ3n) is 4.16. The van der Waals surface area contributed by atoms with Gasteiger partial charge in [-0.1, -0.05) is 18.2 Å². The van der Waals surface area contributed by atoms with E-state index in [0.717, 1.165) is 17.7 Å². The molecule has 0 saturated carbocycles. The molecule has 27 heavy (non-hydrogen) atoms. The van der Waals surface area contributed by atoms with E-state index < -0.39 is 17.7 Å². The Kier molecular flexibility index (Phi) is 7.24. The topological polar surface area (TPSA) is 35.6 Å². The molecule has 2 aromatic carbocycles. The molecule has 0 aromatic heterocycles. The zero-order valence-electron chi connectivity index (χ0n) is 15.7. The van der Waals surface area contributed by atoms with Crippen molar-refractivity contribution in [2.24, 2.45) is 0 Å². The number of rotatable bonds is 7. The van der Waals surface area contributed by atoms with Crippen LogP contribution in [0.15, 0.2) is 42.5 Å². The predicted molar refractivity (Wildman–Crippen MR) is 98.7 cm³/mol. The van der Waals surface area contributed by atoms with Crippen LogP contribution in [0.25, 0.3) is 0 Å². The van der Waals surface area contributed by atoms with Gasteiger partial charge in [0.1, 0.15) is 17.5 Å². The summed E-state index contributed by atoms with van der Waals surface area (Å²) in [5.74, 6) is -1.72. The second-order valence-electron chi connectivity index (χ2n) is 6.69. The molecule has 2 rings (SSSR count). The van der Waals surface area contributed by atoms with E-state index in [1.807, 2.05) is 19.0 Å². The Labute approximate surface area is 157 Å². The molecule has 0 aliphatic rings. The zero-order valence-corrected chi connectivity index (χ0v) is 15.7. The maximum absolute atomic E-state index is 13.9. The van der Waals surface area contributed by atoms with E-state index in [4.69, 9.17) is 0 Å². The summed E-state index contributed by atoms with van der Waals surface area (Å²) in [6, 6.07) is 8.18. The number of hydrogen-bond donors (Lipinski definition) is 1.